The van der Waals surface area contributed by atoms with Crippen LogP contribution in [-0.2, 0) is 14.3 Å². The number of unbranched alkanes of at least 4 members (excludes halogenated alkanes) is 12. The molecule has 0 aromatic heterocycles. The summed E-state index contributed by atoms with van der Waals surface area (Å²) in [6.07, 6.45) is 22.1. The first-order valence-corrected chi connectivity index (χ1v) is 14.3. The molecule has 0 saturated carbocycles. The summed E-state index contributed by atoms with van der Waals surface area (Å²) in [6.45, 7) is 7.94. The van der Waals surface area contributed by atoms with Crippen molar-refractivity contribution in [3.05, 3.63) is 12.2 Å². The molecule has 7 nitrogen and oxygen atoms in total. The highest BCUT2D eigenvalue weighted by Crippen LogP contribution is 2.11. The molecule has 0 aliphatic heterocycles. The van der Waals surface area contributed by atoms with Gasteiger partial charge in [0.15, 0.2) is 0 Å². The van der Waals surface area contributed by atoms with E-state index in [1.54, 1.807) is 20.8 Å². The molecule has 0 aromatic carbocycles. The molecule has 0 saturated heterocycles. The molecule has 2 amide bonds. The van der Waals surface area contributed by atoms with Crippen molar-refractivity contribution >= 4 is 18.0 Å². The fraction of sp³-hybridized carbons (Fsp3) is 0.828. The van der Waals surface area contributed by atoms with Gasteiger partial charge >= 0.3 is 12.1 Å². The highest BCUT2D eigenvalue weighted by Gasteiger charge is 2.23. The molecule has 1 atom stereocenters. The number of ether oxygens (including phenoxy) is 1. The largest absolute Gasteiger partial charge is 0.480 e. The van der Waals surface area contributed by atoms with E-state index < -0.39 is 23.7 Å². The third-order valence-corrected chi connectivity index (χ3v) is 5.90. The van der Waals surface area contributed by atoms with E-state index in [1.165, 1.54) is 64.2 Å². The lowest BCUT2D eigenvalue weighted by Crippen LogP contribution is -2.43. The van der Waals surface area contributed by atoms with Crippen molar-refractivity contribution < 1.29 is 24.2 Å². The number of hydrogen-bond acceptors (Lipinski definition) is 4. The van der Waals surface area contributed by atoms with Crippen LogP contribution in [-0.4, -0.2) is 41.3 Å². The molecule has 0 aliphatic carbocycles. The number of rotatable bonds is 22. The Hall–Kier alpha value is -2.05. The Bertz CT molecular complexity index is 613. The lowest BCUT2D eigenvalue weighted by Gasteiger charge is -2.22. The van der Waals surface area contributed by atoms with Crippen molar-refractivity contribution in [2.45, 2.75) is 148 Å². The van der Waals surface area contributed by atoms with Crippen LogP contribution in [0.25, 0.3) is 0 Å². The first-order chi connectivity index (χ1) is 17.2. The van der Waals surface area contributed by atoms with Crippen LogP contribution >= 0.6 is 0 Å². The van der Waals surface area contributed by atoms with Gasteiger partial charge < -0.3 is 20.5 Å². The summed E-state index contributed by atoms with van der Waals surface area (Å²) < 4.78 is 5.11. The van der Waals surface area contributed by atoms with E-state index in [-0.39, 0.29) is 5.91 Å². The van der Waals surface area contributed by atoms with Gasteiger partial charge in [0, 0.05) is 13.0 Å². The van der Waals surface area contributed by atoms with Crippen LogP contribution in [0.2, 0.25) is 0 Å². The third kappa shape index (κ3) is 23.7. The van der Waals surface area contributed by atoms with Crippen molar-refractivity contribution in [3.63, 3.8) is 0 Å². The van der Waals surface area contributed by atoms with Gasteiger partial charge in [0.2, 0.25) is 5.91 Å². The zero-order valence-electron chi connectivity index (χ0n) is 23.5. The average Bonchev–Trinajstić information content (AvgIpc) is 2.79. The quantitative estimate of drug-likeness (QED) is 0.105. The normalized spacial score (nSPS) is 12.4. The number of carboxylic acid groups (broad SMARTS) is 1. The molecular formula is C29H54N2O5. The lowest BCUT2D eigenvalue weighted by atomic mass is 10.1. The SMILES string of the molecule is CCCCCCCC/C=C\CCCCCCCC(=O)NCCCCC(NC(=O)OC(C)(C)C)C(=O)O. The number of allylic oxidation sites excluding steroid dienone is 2. The maximum atomic E-state index is 12.0. The Morgan fingerprint density at radius 2 is 1.36 bits per heavy atom. The number of amides is 2. The summed E-state index contributed by atoms with van der Waals surface area (Å²) in [5.74, 6) is -1.04. The highest BCUT2D eigenvalue weighted by molar-refractivity contribution is 5.80. The maximum Gasteiger partial charge on any atom is 0.408 e. The van der Waals surface area contributed by atoms with Gasteiger partial charge in [0.25, 0.3) is 0 Å². The van der Waals surface area contributed by atoms with E-state index in [0.717, 1.165) is 19.3 Å². The minimum Gasteiger partial charge on any atom is -0.480 e. The molecule has 36 heavy (non-hydrogen) atoms. The van der Waals surface area contributed by atoms with Crippen LogP contribution in [0.5, 0.6) is 0 Å². The predicted octanol–water partition coefficient (Wildman–Crippen LogP) is 7.29. The lowest BCUT2D eigenvalue weighted by molar-refractivity contribution is -0.139. The van der Waals surface area contributed by atoms with Crippen molar-refractivity contribution in [2.75, 3.05) is 6.54 Å². The molecule has 0 aromatic rings. The summed E-state index contributed by atoms with van der Waals surface area (Å²) in [6, 6.07) is -0.994. The maximum absolute atomic E-state index is 12.0. The molecular weight excluding hydrogens is 456 g/mol. The molecule has 0 aliphatic rings. The molecule has 0 bridgehead atoms. The van der Waals surface area contributed by atoms with Crippen molar-refractivity contribution in [3.8, 4) is 0 Å². The summed E-state index contributed by atoms with van der Waals surface area (Å²) in [4.78, 5) is 35.1. The molecule has 0 fully saturated rings. The van der Waals surface area contributed by atoms with E-state index in [9.17, 15) is 19.5 Å². The molecule has 3 N–H and O–H groups in total. The van der Waals surface area contributed by atoms with E-state index in [0.29, 0.717) is 32.2 Å². The monoisotopic (exact) mass is 510 g/mol. The summed E-state index contributed by atoms with van der Waals surface area (Å²) in [5, 5.41) is 14.6. The number of hydrogen-bond donors (Lipinski definition) is 3. The highest BCUT2D eigenvalue weighted by atomic mass is 16.6. The second-order valence-corrected chi connectivity index (χ2v) is 10.7. The number of alkyl carbamates (subject to hydrolysis) is 1. The number of aliphatic carboxylic acids is 1. The molecule has 0 radical (unpaired) electrons. The third-order valence-electron chi connectivity index (χ3n) is 5.90. The Balaban J connectivity index is 3.62. The Morgan fingerprint density at radius 1 is 0.806 bits per heavy atom. The number of carbonyl (C=O) groups excluding carboxylic acids is 2. The van der Waals surface area contributed by atoms with E-state index in [1.807, 2.05) is 0 Å². The molecule has 0 rings (SSSR count). The van der Waals surface area contributed by atoms with Gasteiger partial charge in [-0.05, 0) is 72.1 Å². The Kier molecular flexibility index (Phi) is 20.9. The smallest absolute Gasteiger partial charge is 0.408 e. The fourth-order valence-corrected chi connectivity index (χ4v) is 3.85. The van der Waals surface area contributed by atoms with Crippen LogP contribution in [0.4, 0.5) is 4.79 Å². The van der Waals surface area contributed by atoms with E-state index in [4.69, 9.17) is 4.74 Å². The van der Waals surface area contributed by atoms with Crippen LogP contribution in [0.3, 0.4) is 0 Å². The van der Waals surface area contributed by atoms with Gasteiger partial charge in [-0.15, -0.1) is 0 Å². The second kappa shape index (κ2) is 22.2. The second-order valence-electron chi connectivity index (χ2n) is 10.7. The van der Waals surface area contributed by atoms with Gasteiger partial charge in [-0.25, -0.2) is 9.59 Å². The first-order valence-electron chi connectivity index (χ1n) is 14.3. The van der Waals surface area contributed by atoms with Gasteiger partial charge in [0.1, 0.15) is 11.6 Å². The predicted molar refractivity (Wildman–Crippen MR) is 147 cm³/mol. The fourth-order valence-electron chi connectivity index (χ4n) is 3.85. The topological polar surface area (TPSA) is 105 Å². The van der Waals surface area contributed by atoms with E-state index in [2.05, 4.69) is 29.7 Å². The molecule has 0 spiro atoms. The van der Waals surface area contributed by atoms with Gasteiger partial charge in [-0.3, -0.25) is 4.79 Å². The summed E-state index contributed by atoms with van der Waals surface area (Å²) in [7, 11) is 0. The molecule has 0 heterocycles. The van der Waals surface area contributed by atoms with Gasteiger partial charge in [-0.2, -0.15) is 0 Å². The van der Waals surface area contributed by atoms with Crippen LogP contribution < -0.4 is 10.6 Å². The van der Waals surface area contributed by atoms with Gasteiger partial charge in [-0.1, -0.05) is 70.4 Å². The Morgan fingerprint density at radius 3 is 1.92 bits per heavy atom. The van der Waals surface area contributed by atoms with Crippen molar-refractivity contribution in [2.24, 2.45) is 0 Å². The average molecular weight is 511 g/mol. The minimum absolute atomic E-state index is 0.0503. The summed E-state index contributed by atoms with van der Waals surface area (Å²) >= 11 is 0. The zero-order chi connectivity index (χ0) is 27.1. The molecule has 7 heteroatoms. The number of carboxylic acids is 1. The van der Waals surface area contributed by atoms with E-state index >= 15 is 0 Å². The van der Waals surface area contributed by atoms with Crippen LogP contribution in [0.15, 0.2) is 12.2 Å². The zero-order valence-corrected chi connectivity index (χ0v) is 23.5. The minimum atomic E-state index is -1.09. The Labute approximate surface area is 220 Å². The van der Waals surface area contributed by atoms with Crippen LogP contribution in [0.1, 0.15) is 137 Å². The van der Waals surface area contributed by atoms with Crippen molar-refractivity contribution in [1.82, 2.24) is 10.6 Å². The number of nitrogens with one attached hydrogen (secondary N) is 2. The van der Waals surface area contributed by atoms with Crippen LogP contribution in [0, 0.1) is 0 Å². The first kappa shape index (κ1) is 34.0. The van der Waals surface area contributed by atoms with Gasteiger partial charge in [0.05, 0.1) is 0 Å². The standard InChI is InChI=1S/C29H54N2O5/c1-5-6-7-8-9-10-11-12-13-14-15-16-17-18-19-23-26(32)30-24-21-20-22-25(27(33)34)31-28(35)36-29(2,3)4/h12-13,25H,5-11,14-24H2,1-4H3,(H,30,32)(H,31,35)(H,33,34)/b13-12-. The molecule has 1 unspecified atom stereocenters. The number of carbonyl (C=O) groups is 3. The molecule has 210 valence electrons. The van der Waals surface area contributed by atoms with Crippen molar-refractivity contribution in [1.29, 1.82) is 0 Å². The summed E-state index contributed by atoms with van der Waals surface area (Å²) in [5.41, 5.74) is -0.679.